The molecule has 0 atom stereocenters. The van der Waals surface area contributed by atoms with Gasteiger partial charge in [-0.15, -0.1) is 0 Å². The van der Waals surface area contributed by atoms with Crippen LogP contribution in [0.15, 0.2) is 30.3 Å². The van der Waals surface area contributed by atoms with Crippen molar-refractivity contribution in [2.75, 3.05) is 6.61 Å². The molecule has 0 radical (unpaired) electrons. The number of ether oxygens (including phenoxy) is 1. The van der Waals surface area contributed by atoms with Crippen LogP contribution in [0.2, 0.25) is 0 Å². The van der Waals surface area contributed by atoms with E-state index in [0.717, 1.165) is 30.0 Å². The zero-order valence-electron chi connectivity index (χ0n) is 11.3. The molecule has 0 saturated heterocycles. The maximum atomic E-state index is 5.45. The van der Waals surface area contributed by atoms with Crippen molar-refractivity contribution in [3.63, 3.8) is 0 Å². The number of aromatic nitrogens is 2. The van der Waals surface area contributed by atoms with E-state index >= 15 is 0 Å². The average molecular weight is 244 g/mol. The molecule has 0 aliphatic rings. The summed E-state index contributed by atoms with van der Waals surface area (Å²) in [6.45, 7) is 6.97. The molecule has 1 aromatic carbocycles. The molecule has 3 nitrogen and oxygen atoms in total. The summed E-state index contributed by atoms with van der Waals surface area (Å²) in [5.41, 5.74) is 3.48. The molecular weight excluding hydrogens is 224 g/mol. The molecule has 1 aromatic heterocycles. The maximum absolute atomic E-state index is 5.45. The van der Waals surface area contributed by atoms with Crippen molar-refractivity contribution in [2.45, 2.75) is 33.6 Å². The summed E-state index contributed by atoms with van der Waals surface area (Å²) in [7, 11) is 0. The predicted octanol–water partition coefficient (Wildman–Crippen LogP) is 3.40. The third kappa shape index (κ3) is 2.55. The van der Waals surface area contributed by atoms with E-state index in [2.05, 4.69) is 37.1 Å². The Bertz CT molecular complexity index is 500. The number of hydrogen-bond donors (Lipinski definition) is 0. The van der Waals surface area contributed by atoms with Gasteiger partial charge in [0.1, 0.15) is 5.75 Å². The minimum Gasteiger partial charge on any atom is -0.494 e. The zero-order chi connectivity index (χ0) is 13.0. The Labute approximate surface area is 108 Å². The second-order valence-electron chi connectivity index (χ2n) is 4.17. The monoisotopic (exact) mass is 244 g/mol. The van der Waals surface area contributed by atoms with Crippen LogP contribution >= 0.6 is 0 Å². The van der Waals surface area contributed by atoms with Crippen LogP contribution in [0.3, 0.4) is 0 Å². The molecule has 0 aliphatic carbocycles. The summed E-state index contributed by atoms with van der Waals surface area (Å²) >= 11 is 0. The largest absolute Gasteiger partial charge is 0.494 e. The van der Waals surface area contributed by atoms with E-state index < -0.39 is 0 Å². The fourth-order valence-electron chi connectivity index (χ4n) is 1.97. The Hall–Kier alpha value is -1.77. The van der Waals surface area contributed by atoms with E-state index in [1.165, 1.54) is 5.69 Å². The first-order valence-corrected chi connectivity index (χ1v) is 6.59. The Kier molecular flexibility index (Phi) is 4.03. The normalized spacial score (nSPS) is 10.6. The number of benzene rings is 1. The van der Waals surface area contributed by atoms with E-state index in [1.54, 1.807) is 0 Å². The molecule has 2 aromatic rings. The van der Waals surface area contributed by atoms with Crippen LogP contribution in [0.5, 0.6) is 5.75 Å². The van der Waals surface area contributed by atoms with Crippen molar-refractivity contribution in [3.8, 4) is 11.4 Å². The van der Waals surface area contributed by atoms with Crippen LogP contribution in [0.25, 0.3) is 5.69 Å². The highest BCUT2D eigenvalue weighted by Gasteiger charge is 2.07. The van der Waals surface area contributed by atoms with Crippen LogP contribution in [-0.2, 0) is 12.8 Å². The highest BCUT2D eigenvalue weighted by Crippen LogP contribution is 2.18. The highest BCUT2D eigenvalue weighted by molar-refractivity contribution is 5.38. The molecule has 0 aliphatic heterocycles. The van der Waals surface area contributed by atoms with Gasteiger partial charge in [-0.1, -0.05) is 13.8 Å². The first-order chi connectivity index (χ1) is 8.78. The lowest BCUT2D eigenvalue weighted by atomic mass is 10.2. The Balaban J connectivity index is 2.32. The summed E-state index contributed by atoms with van der Waals surface area (Å²) < 4.78 is 7.47. The quantitative estimate of drug-likeness (QED) is 0.806. The molecular formula is C15H20N2O. The molecule has 0 amide bonds. The number of nitrogens with zero attached hydrogens (tertiary/aromatic N) is 2. The lowest BCUT2D eigenvalue weighted by molar-refractivity contribution is 0.340. The lowest BCUT2D eigenvalue weighted by Crippen LogP contribution is -2.01. The van der Waals surface area contributed by atoms with Crippen molar-refractivity contribution in [3.05, 3.63) is 41.7 Å². The molecule has 0 spiro atoms. The number of rotatable bonds is 5. The van der Waals surface area contributed by atoms with Crippen LogP contribution in [-0.4, -0.2) is 16.4 Å². The van der Waals surface area contributed by atoms with Gasteiger partial charge in [-0.25, -0.2) is 4.68 Å². The minimum atomic E-state index is 0.696. The van der Waals surface area contributed by atoms with E-state index in [-0.39, 0.29) is 0 Å². The third-order valence-corrected chi connectivity index (χ3v) is 2.95. The number of aryl methyl sites for hydroxylation is 2. The standard InChI is InChI=1S/C15H20N2O/c1-4-12-11-13(5-2)17(16-12)14-7-9-15(10-8-14)18-6-3/h7-11H,4-6H2,1-3H3. The summed E-state index contributed by atoms with van der Waals surface area (Å²) in [5, 5.41) is 4.62. The summed E-state index contributed by atoms with van der Waals surface area (Å²) in [6, 6.07) is 10.3. The van der Waals surface area contributed by atoms with Crippen molar-refractivity contribution in [1.29, 1.82) is 0 Å². The average Bonchev–Trinajstić information content (AvgIpc) is 2.83. The van der Waals surface area contributed by atoms with E-state index in [9.17, 15) is 0 Å². The Morgan fingerprint density at radius 2 is 1.78 bits per heavy atom. The molecule has 3 heteroatoms. The molecule has 0 unspecified atom stereocenters. The van der Waals surface area contributed by atoms with Gasteiger partial charge in [0.25, 0.3) is 0 Å². The molecule has 0 saturated carbocycles. The molecule has 96 valence electrons. The molecule has 0 bridgehead atoms. The fraction of sp³-hybridized carbons (Fsp3) is 0.400. The third-order valence-electron chi connectivity index (χ3n) is 2.95. The number of hydrogen-bond acceptors (Lipinski definition) is 2. The fourth-order valence-corrected chi connectivity index (χ4v) is 1.97. The highest BCUT2D eigenvalue weighted by atomic mass is 16.5. The van der Waals surface area contributed by atoms with E-state index in [1.807, 2.05) is 23.7 Å². The van der Waals surface area contributed by atoms with Gasteiger partial charge >= 0.3 is 0 Å². The Morgan fingerprint density at radius 1 is 1.06 bits per heavy atom. The molecule has 18 heavy (non-hydrogen) atoms. The topological polar surface area (TPSA) is 27.1 Å². The van der Waals surface area contributed by atoms with Crippen molar-refractivity contribution < 1.29 is 4.74 Å². The molecule has 1 heterocycles. The van der Waals surface area contributed by atoms with Gasteiger partial charge in [-0.2, -0.15) is 5.10 Å². The predicted molar refractivity (Wildman–Crippen MR) is 73.5 cm³/mol. The maximum Gasteiger partial charge on any atom is 0.119 e. The van der Waals surface area contributed by atoms with Gasteiger partial charge < -0.3 is 4.74 Å². The minimum absolute atomic E-state index is 0.696. The second-order valence-corrected chi connectivity index (χ2v) is 4.17. The van der Waals surface area contributed by atoms with Crippen LogP contribution in [0.4, 0.5) is 0 Å². The van der Waals surface area contributed by atoms with Crippen LogP contribution in [0.1, 0.15) is 32.2 Å². The molecule has 2 rings (SSSR count). The van der Waals surface area contributed by atoms with E-state index in [0.29, 0.717) is 6.61 Å². The summed E-state index contributed by atoms with van der Waals surface area (Å²) in [4.78, 5) is 0. The van der Waals surface area contributed by atoms with Crippen LogP contribution in [0, 0.1) is 0 Å². The zero-order valence-corrected chi connectivity index (χ0v) is 11.3. The first kappa shape index (κ1) is 12.7. The van der Waals surface area contributed by atoms with Gasteiger partial charge in [0.05, 0.1) is 18.0 Å². The lowest BCUT2D eigenvalue weighted by Gasteiger charge is -2.07. The summed E-state index contributed by atoms with van der Waals surface area (Å²) in [6.07, 6.45) is 1.96. The Morgan fingerprint density at radius 3 is 2.33 bits per heavy atom. The van der Waals surface area contributed by atoms with E-state index in [4.69, 9.17) is 4.74 Å². The van der Waals surface area contributed by atoms with Crippen molar-refractivity contribution in [2.24, 2.45) is 0 Å². The van der Waals surface area contributed by atoms with Gasteiger partial charge in [0.2, 0.25) is 0 Å². The molecule has 0 fully saturated rings. The molecule has 0 N–H and O–H groups in total. The smallest absolute Gasteiger partial charge is 0.119 e. The van der Waals surface area contributed by atoms with Gasteiger partial charge in [0.15, 0.2) is 0 Å². The van der Waals surface area contributed by atoms with Gasteiger partial charge in [-0.05, 0) is 50.1 Å². The SMILES string of the molecule is CCOc1ccc(-n2nc(CC)cc2CC)cc1. The summed E-state index contributed by atoms with van der Waals surface area (Å²) in [5.74, 6) is 0.905. The van der Waals surface area contributed by atoms with Crippen LogP contribution < -0.4 is 4.74 Å². The second kappa shape index (κ2) is 5.71. The van der Waals surface area contributed by atoms with Crippen molar-refractivity contribution >= 4 is 0 Å². The van der Waals surface area contributed by atoms with Crippen molar-refractivity contribution in [1.82, 2.24) is 9.78 Å². The van der Waals surface area contributed by atoms with Gasteiger partial charge in [-0.3, -0.25) is 0 Å². The first-order valence-electron chi connectivity index (χ1n) is 6.59. The van der Waals surface area contributed by atoms with Gasteiger partial charge in [0, 0.05) is 5.69 Å².